The zero-order chi connectivity index (χ0) is 10.8. The molecule has 4 heteroatoms. The Morgan fingerprint density at radius 2 is 1.93 bits per heavy atom. The average molecular weight is 204 g/mol. The lowest BCUT2D eigenvalue weighted by Gasteiger charge is -2.13. The van der Waals surface area contributed by atoms with Gasteiger partial charge in [-0.2, -0.15) is 0 Å². The fraction of sp³-hybridized carbons (Fsp3) is 0.900. The van der Waals surface area contributed by atoms with Crippen LogP contribution in [-0.4, -0.2) is 36.0 Å². The molecular formula is C10H20O4. The first kappa shape index (κ1) is 13.4. The summed E-state index contributed by atoms with van der Waals surface area (Å²) in [7, 11) is 0. The van der Waals surface area contributed by atoms with Crippen molar-refractivity contribution in [1.82, 2.24) is 0 Å². The first-order chi connectivity index (χ1) is 6.76. The lowest BCUT2D eigenvalue weighted by atomic mass is 9.99. The second-order valence-corrected chi connectivity index (χ2v) is 3.18. The van der Waals surface area contributed by atoms with Crippen LogP contribution in [0, 0.1) is 5.92 Å². The minimum atomic E-state index is -0.237. The summed E-state index contributed by atoms with van der Waals surface area (Å²) >= 11 is 0. The van der Waals surface area contributed by atoms with Gasteiger partial charge < -0.3 is 14.9 Å². The van der Waals surface area contributed by atoms with Crippen LogP contribution < -0.4 is 0 Å². The van der Waals surface area contributed by atoms with Gasteiger partial charge in [0.1, 0.15) is 0 Å². The van der Waals surface area contributed by atoms with Gasteiger partial charge >= 0.3 is 5.97 Å². The molecular weight excluding hydrogens is 184 g/mol. The highest BCUT2D eigenvalue weighted by atomic mass is 16.5. The smallest absolute Gasteiger partial charge is 0.309 e. The van der Waals surface area contributed by atoms with Gasteiger partial charge in [0.25, 0.3) is 0 Å². The molecule has 0 saturated carbocycles. The van der Waals surface area contributed by atoms with Crippen molar-refractivity contribution in [3.05, 3.63) is 0 Å². The highest BCUT2D eigenvalue weighted by Crippen LogP contribution is 2.14. The molecule has 0 aromatic carbocycles. The number of ether oxygens (including phenoxy) is 1. The summed E-state index contributed by atoms with van der Waals surface area (Å²) in [5.41, 5.74) is 0. The number of hydrogen-bond donors (Lipinski definition) is 2. The normalized spacial score (nSPS) is 12.5. The number of aliphatic hydroxyl groups is 2. The maximum absolute atomic E-state index is 11.3. The molecule has 0 spiro atoms. The molecule has 0 aliphatic carbocycles. The number of esters is 1. The van der Waals surface area contributed by atoms with Crippen LogP contribution in [-0.2, 0) is 9.53 Å². The van der Waals surface area contributed by atoms with Gasteiger partial charge in [-0.1, -0.05) is 6.42 Å². The Kier molecular flexibility index (Phi) is 8.57. The van der Waals surface area contributed by atoms with Crippen LogP contribution in [0.3, 0.4) is 0 Å². The molecule has 2 N–H and O–H groups in total. The van der Waals surface area contributed by atoms with Crippen molar-refractivity contribution in [3.63, 3.8) is 0 Å². The number of aliphatic hydroxyl groups excluding tert-OH is 2. The van der Waals surface area contributed by atoms with Gasteiger partial charge in [0.15, 0.2) is 0 Å². The Hall–Kier alpha value is -0.610. The Labute approximate surface area is 84.9 Å². The minimum absolute atomic E-state index is 0.00259. The molecule has 84 valence electrons. The summed E-state index contributed by atoms with van der Waals surface area (Å²) in [6.45, 7) is 2.29. The van der Waals surface area contributed by atoms with E-state index >= 15 is 0 Å². The topological polar surface area (TPSA) is 66.8 Å². The Morgan fingerprint density at radius 3 is 2.43 bits per heavy atom. The first-order valence-corrected chi connectivity index (χ1v) is 5.14. The molecule has 0 heterocycles. The van der Waals surface area contributed by atoms with Gasteiger partial charge in [-0.25, -0.2) is 0 Å². The molecule has 0 bridgehead atoms. The van der Waals surface area contributed by atoms with Crippen molar-refractivity contribution in [2.45, 2.75) is 32.6 Å². The van der Waals surface area contributed by atoms with Crippen LogP contribution in [0.1, 0.15) is 32.6 Å². The van der Waals surface area contributed by atoms with E-state index in [4.69, 9.17) is 14.9 Å². The lowest BCUT2D eigenvalue weighted by Crippen LogP contribution is -2.19. The second-order valence-electron chi connectivity index (χ2n) is 3.18. The van der Waals surface area contributed by atoms with E-state index in [0.29, 0.717) is 25.9 Å². The predicted molar refractivity (Wildman–Crippen MR) is 52.8 cm³/mol. The average Bonchev–Trinajstić information content (AvgIpc) is 2.17. The standard InChI is InChI=1S/C10H20O4/c1-2-14-10(13)9(6-8-12)5-3-4-7-11/h9,11-12H,2-8H2,1H3. The van der Waals surface area contributed by atoms with Crippen molar-refractivity contribution in [3.8, 4) is 0 Å². The van der Waals surface area contributed by atoms with E-state index in [-0.39, 0.29) is 25.1 Å². The largest absolute Gasteiger partial charge is 0.466 e. The number of rotatable bonds is 8. The third kappa shape index (κ3) is 5.94. The van der Waals surface area contributed by atoms with E-state index in [9.17, 15) is 4.79 Å². The van der Waals surface area contributed by atoms with Crippen molar-refractivity contribution < 1.29 is 19.7 Å². The zero-order valence-corrected chi connectivity index (χ0v) is 8.74. The van der Waals surface area contributed by atoms with E-state index in [1.807, 2.05) is 0 Å². The minimum Gasteiger partial charge on any atom is -0.466 e. The van der Waals surface area contributed by atoms with Gasteiger partial charge in [0.2, 0.25) is 0 Å². The maximum Gasteiger partial charge on any atom is 0.309 e. The molecule has 1 atom stereocenters. The fourth-order valence-corrected chi connectivity index (χ4v) is 1.30. The monoisotopic (exact) mass is 204 g/mol. The summed E-state index contributed by atoms with van der Waals surface area (Å²) < 4.78 is 4.87. The third-order valence-corrected chi connectivity index (χ3v) is 2.06. The Bertz CT molecular complexity index is 147. The molecule has 0 fully saturated rings. The summed E-state index contributed by atoms with van der Waals surface area (Å²) in [5, 5.41) is 17.3. The van der Waals surface area contributed by atoms with E-state index < -0.39 is 0 Å². The summed E-state index contributed by atoms with van der Waals surface area (Å²) in [6.07, 6.45) is 2.62. The van der Waals surface area contributed by atoms with Crippen molar-refractivity contribution in [2.75, 3.05) is 19.8 Å². The van der Waals surface area contributed by atoms with Crippen LogP contribution in [0.2, 0.25) is 0 Å². The quantitative estimate of drug-likeness (QED) is 0.451. The molecule has 4 nitrogen and oxygen atoms in total. The molecule has 0 aliphatic heterocycles. The van der Waals surface area contributed by atoms with E-state index in [1.165, 1.54) is 0 Å². The summed E-state index contributed by atoms with van der Waals surface area (Å²) in [4.78, 5) is 11.3. The predicted octanol–water partition coefficient (Wildman–Crippen LogP) is 0.711. The molecule has 0 radical (unpaired) electrons. The fourth-order valence-electron chi connectivity index (χ4n) is 1.30. The van der Waals surface area contributed by atoms with Crippen LogP contribution in [0.15, 0.2) is 0 Å². The molecule has 0 saturated heterocycles. The zero-order valence-electron chi connectivity index (χ0n) is 8.74. The molecule has 0 rings (SSSR count). The van der Waals surface area contributed by atoms with Crippen LogP contribution in [0.25, 0.3) is 0 Å². The van der Waals surface area contributed by atoms with Crippen LogP contribution in [0.5, 0.6) is 0 Å². The first-order valence-electron chi connectivity index (χ1n) is 5.14. The van der Waals surface area contributed by atoms with Gasteiger partial charge in [0.05, 0.1) is 12.5 Å². The highest BCUT2D eigenvalue weighted by molar-refractivity contribution is 5.72. The molecule has 1 unspecified atom stereocenters. The summed E-state index contributed by atoms with van der Waals surface area (Å²) in [6, 6.07) is 0. The van der Waals surface area contributed by atoms with Gasteiger partial charge in [0, 0.05) is 13.2 Å². The Morgan fingerprint density at radius 1 is 1.21 bits per heavy atom. The number of carbonyl (C=O) groups excluding carboxylic acids is 1. The number of carbonyl (C=O) groups is 1. The lowest BCUT2D eigenvalue weighted by molar-refractivity contribution is -0.148. The van der Waals surface area contributed by atoms with E-state index in [0.717, 1.165) is 6.42 Å². The van der Waals surface area contributed by atoms with Gasteiger partial charge in [-0.15, -0.1) is 0 Å². The van der Waals surface area contributed by atoms with Crippen molar-refractivity contribution in [2.24, 2.45) is 5.92 Å². The number of hydrogen-bond acceptors (Lipinski definition) is 4. The number of unbranched alkanes of at least 4 members (excludes halogenated alkanes) is 1. The summed E-state index contributed by atoms with van der Waals surface area (Å²) in [5.74, 6) is -0.453. The molecule has 0 aromatic rings. The van der Waals surface area contributed by atoms with E-state index in [1.54, 1.807) is 6.92 Å². The molecule has 0 aromatic heterocycles. The second kappa shape index (κ2) is 8.97. The molecule has 14 heavy (non-hydrogen) atoms. The van der Waals surface area contributed by atoms with Crippen LogP contribution >= 0.6 is 0 Å². The van der Waals surface area contributed by atoms with Gasteiger partial charge in [-0.05, 0) is 26.2 Å². The van der Waals surface area contributed by atoms with Crippen molar-refractivity contribution in [1.29, 1.82) is 0 Å². The maximum atomic E-state index is 11.3. The van der Waals surface area contributed by atoms with E-state index in [2.05, 4.69) is 0 Å². The third-order valence-electron chi connectivity index (χ3n) is 2.06. The molecule has 0 amide bonds. The van der Waals surface area contributed by atoms with Crippen LogP contribution in [0.4, 0.5) is 0 Å². The SMILES string of the molecule is CCOC(=O)C(CCO)CCCCO. The highest BCUT2D eigenvalue weighted by Gasteiger charge is 2.18. The Balaban J connectivity index is 3.81. The van der Waals surface area contributed by atoms with Gasteiger partial charge in [-0.3, -0.25) is 4.79 Å². The molecule has 0 aliphatic rings. The van der Waals surface area contributed by atoms with Crippen molar-refractivity contribution >= 4 is 5.97 Å².